The minimum atomic E-state index is -0.262. The highest BCUT2D eigenvalue weighted by atomic mass is 32.2. The first-order chi connectivity index (χ1) is 9.78. The van der Waals surface area contributed by atoms with Gasteiger partial charge in [-0.3, -0.25) is 0 Å². The van der Waals surface area contributed by atoms with E-state index in [1.165, 1.54) is 0 Å². The lowest BCUT2D eigenvalue weighted by Gasteiger charge is -2.04. The molecule has 0 aliphatic heterocycles. The van der Waals surface area contributed by atoms with E-state index >= 15 is 0 Å². The van der Waals surface area contributed by atoms with Crippen LogP contribution in [0.15, 0.2) is 47.7 Å². The molecule has 3 rings (SSSR count). The van der Waals surface area contributed by atoms with Crippen molar-refractivity contribution in [3.05, 3.63) is 64.4 Å². The lowest BCUT2D eigenvalue weighted by atomic mass is 10.1. The van der Waals surface area contributed by atoms with Crippen LogP contribution in [0.25, 0.3) is 15.5 Å². The van der Waals surface area contributed by atoms with Crippen LogP contribution >= 0.6 is 22.7 Å². The van der Waals surface area contributed by atoms with Crippen LogP contribution in [0.1, 0.15) is 21.5 Å². The second kappa shape index (κ2) is 5.61. The molecule has 2 aromatic heterocycles. The van der Waals surface area contributed by atoms with E-state index in [0.717, 1.165) is 20.5 Å². The molecule has 0 bridgehead atoms. The van der Waals surface area contributed by atoms with Crippen LogP contribution in [0.3, 0.4) is 0 Å². The third-order valence-electron chi connectivity index (χ3n) is 3.01. The van der Waals surface area contributed by atoms with E-state index in [1.54, 1.807) is 28.7 Å². The van der Waals surface area contributed by atoms with Crippen LogP contribution in [0.4, 0.5) is 0 Å². The zero-order valence-electron chi connectivity index (χ0n) is 10.7. The molecule has 0 aliphatic rings. The van der Waals surface area contributed by atoms with Crippen molar-refractivity contribution in [1.29, 1.82) is 0 Å². The highest BCUT2D eigenvalue weighted by Gasteiger charge is 2.14. The summed E-state index contributed by atoms with van der Waals surface area (Å²) in [5, 5.41) is 4.85. The number of ether oxygens (including phenoxy) is 1. The van der Waals surface area contributed by atoms with E-state index in [4.69, 9.17) is 4.74 Å². The first-order valence-corrected chi connectivity index (χ1v) is 7.87. The van der Waals surface area contributed by atoms with Gasteiger partial charge in [-0.1, -0.05) is 36.9 Å². The summed E-state index contributed by atoms with van der Waals surface area (Å²) in [7, 11) is 0. The van der Waals surface area contributed by atoms with Crippen LogP contribution in [-0.2, 0) is 11.3 Å². The normalized spacial score (nSPS) is 10.6. The predicted molar refractivity (Wildman–Crippen MR) is 85.4 cm³/mol. The van der Waals surface area contributed by atoms with Crippen molar-refractivity contribution in [1.82, 2.24) is 0 Å². The Balaban J connectivity index is 1.70. The van der Waals surface area contributed by atoms with Gasteiger partial charge in [0.15, 0.2) is 0 Å². The fraction of sp³-hybridized carbons (Fsp3) is 0.0625. The van der Waals surface area contributed by atoms with E-state index < -0.39 is 0 Å². The van der Waals surface area contributed by atoms with E-state index in [9.17, 15) is 4.79 Å². The molecule has 0 radical (unpaired) electrons. The van der Waals surface area contributed by atoms with Crippen LogP contribution in [0, 0.1) is 0 Å². The van der Waals surface area contributed by atoms with Gasteiger partial charge < -0.3 is 4.74 Å². The van der Waals surface area contributed by atoms with Crippen molar-refractivity contribution in [2.75, 3.05) is 0 Å². The van der Waals surface area contributed by atoms with Crippen molar-refractivity contribution < 1.29 is 9.53 Å². The number of esters is 1. The van der Waals surface area contributed by atoms with Gasteiger partial charge in [-0.2, -0.15) is 0 Å². The van der Waals surface area contributed by atoms with Gasteiger partial charge in [-0.15, -0.1) is 22.7 Å². The molecule has 0 spiro atoms. The summed E-state index contributed by atoms with van der Waals surface area (Å²) in [6, 6.07) is 9.76. The standard InChI is InChI=1S/C16H12O2S2/c1-2-11-3-5-12(6-4-11)9-18-15(17)14-10-20-16-13(14)7-8-19-16/h2-8,10H,1,9H2. The zero-order valence-corrected chi connectivity index (χ0v) is 12.3. The summed E-state index contributed by atoms with van der Waals surface area (Å²) in [5.41, 5.74) is 2.69. The smallest absolute Gasteiger partial charge is 0.339 e. The molecule has 4 heteroatoms. The van der Waals surface area contributed by atoms with Crippen LogP contribution in [-0.4, -0.2) is 5.97 Å². The minimum Gasteiger partial charge on any atom is -0.457 e. The highest BCUT2D eigenvalue weighted by molar-refractivity contribution is 7.37. The molecule has 0 unspecified atom stereocenters. The summed E-state index contributed by atoms with van der Waals surface area (Å²) in [4.78, 5) is 12.1. The molecule has 0 saturated heterocycles. The number of carbonyl (C=O) groups excluding carboxylic acids is 1. The van der Waals surface area contributed by atoms with Crippen LogP contribution in [0.5, 0.6) is 0 Å². The average molecular weight is 300 g/mol. The van der Waals surface area contributed by atoms with Gasteiger partial charge in [0, 0.05) is 10.8 Å². The maximum atomic E-state index is 12.1. The van der Waals surface area contributed by atoms with E-state index in [-0.39, 0.29) is 12.6 Å². The van der Waals surface area contributed by atoms with E-state index in [0.29, 0.717) is 5.56 Å². The Morgan fingerprint density at radius 2 is 2.00 bits per heavy atom. The maximum absolute atomic E-state index is 12.1. The summed E-state index contributed by atoms with van der Waals surface area (Å²) in [6.07, 6.45) is 1.79. The fourth-order valence-electron chi connectivity index (χ4n) is 1.90. The van der Waals surface area contributed by atoms with Crippen LogP contribution in [0.2, 0.25) is 0 Å². The van der Waals surface area contributed by atoms with Crippen molar-refractivity contribution in [2.45, 2.75) is 6.61 Å². The molecule has 1 aromatic carbocycles. The van der Waals surface area contributed by atoms with Gasteiger partial charge >= 0.3 is 5.97 Å². The molecule has 0 aliphatic carbocycles. The number of hydrogen-bond acceptors (Lipinski definition) is 4. The first-order valence-electron chi connectivity index (χ1n) is 6.11. The summed E-state index contributed by atoms with van der Waals surface area (Å²) >= 11 is 3.23. The Hall–Kier alpha value is -1.91. The number of benzene rings is 1. The lowest BCUT2D eigenvalue weighted by molar-refractivity contribution is 0.0475. The maximum Gasteiger partial charge on any atom is 0.339 e. The zero-order chi connectivity index (χ0) is 13.9. The largest absolute Gasteiger partial charge is 0.457 e. The second-order valence-electron chi connectivity index (χ2n) is 4.29. The average Bonchev–Trinajstić information content (AvgIpc) is 3.08. The Morgan fingerprint density at radius 1 is 1.20 bits per heavy atom. The van der Waals surface area contributed by atoms with Crippen molar-refractivity contribution in [2.24, 2.45) is 0 Å². The molecule has 3 aromatic rings. The lowest BCUT2D eigenvalue weighted by Crippen LogP contribution is -2.04. The van der Waals surface area contributed by atoms with Crippen LogP contribution < -0.4 is 0 Å². The third-order valence-corrected chi connectivity index (χ3v) is 5.08. The van der Waals surface area contributed by atoms with Gasteiger partial charge in [-0.25, -0.2) is 4.79 Å². The van der Waals surface area contributed by atoms with Gasteiger partial charge in [0.1, 0.15) is 6.61 Å². The number of thiophene rings is 2. The third kappa shape index (κ3) is 2.53. The van der Waals surface area contributed by atoms with Gasteiger partial charge in [0.25, 0.3) is 0 Å². The molecule has 2 heterocycles. The molecule has 100 valence electrons. The summed E-state index contributed by atoms with van der Waals surface area (Å²) in [5.74, 6) is -0.262. The monoisotopic (exact) mass is 300 g/mol. The molecule has 0 N–H and O–H groups in total. The quantitative estimate of drug-likeness (QED) is 0.636. The van der Waals surface area contributed by atoms with Gasteiger partial charge in [0.05, 0.1) is 9.58 Å². The number of fused-ring (bicyclic) bond motifs is 1. The number of carbonyl (C=O) groups is 1. The van der Waals surface area contributed by atoms with E-state index in [1.807, 2.05) is 41.1 Å². The highest BCUT2D eigenvalue weighted by Crippen LogP contribution is 2.31. The minimum absolute atomic E-state index is 0.262. The predicted octanol–water partition coefficient (Wildman–Crippen LogP) is 4.96. The Kier molecular flexibility index (Phi) is 3.67. The molecule has 0 fully saturated rings. The summed E-state index contributed by atoms with van der Waals surface area (Å²) in [6.45, 7) is 4.00. The Labute approximate surface area is 124 Å². The Bertz CT molecular complexity index is 750. The number of rotatable bonds is 4. The van der Waals surface area contributed by atoms with Gasteiger partial charge in [0.2, 0.25) is 0 Å². The molecule has 0 saturated carbocycles. The van der Waals surface area contributed by atoms with Crippen molar-refractivity contribution in [3.63, 3.8) is 0 Å². The van der Waals surface area contributed by atoms with Crippen molar-refractivity contribution in [3.8, 4) is 0 Å². The Morgan fingerprint density at radius 3 is 2.75 bits per heavy atom. The molecular weight excluding hydrogens is 288 g/mol. The molecule has 2 nitrogen and oxygen atoms in total. The molecule has 20 heavy (non-hydrogen) atoms. The van der Waals surface area contributed by atoms with Crippen molar-refractivity contribution >= 4 is 44.1 Å². The number of hydrogen-bond donors (Lipinski definition) is 0. The summed E-state index contributed by atoms with van der Waals surface area (Å²) < 4.78 is 6.53. The van der Waals surface area contributed by atoms with E-state index in [2.05, 4.69) is 6.58 Å². The topological polar surface area (TPSA) is 26.3 Å². The molecule has 0 atom stereocenters. The SMILES string of the molecule is C=Cc1ccc(COC(=O)c2csc3sccc23)cc1. The molecular formula is C16H12O2S2. The fourth-order valence-corrected chi connectivity index (χ4v) is 3.82. The first kappa shape index (κ1) is 13.1. The van der Waals surface area contributed by atoms with Gasteiger partial charge in [-0.05, 0) is 22.6 Å². The molecule has 0 amide bonds. The second-order valence-corrected chi connectivity index (χ2v) is 6.35.